The third-order valence-electron chi connectivity index (χ3n) is 3.53. The van der Waals surface area contributed by atoms with Crippen molar-refractivity contribution >= 4 is 21.6 Å². The first-order valence-corrected chi connectivity index (χ1v) is 7.71. The van der Waals surface area contributed by atoms with Crippen molar-refractivity contribution in [1.29, 1.82) is 0 Å². The molecule has 0 saturated carbocycles. The van der Waals surface area contributed by atoms with Crippen LogP contribution in [0.25, 0.3) is 11.4 Å². The molecule has 0 atom stereocenters. The number of hydrogen-bond donors (Lipinski definition) is 1. The Bertz CT molecular complexity index is 789. The summed E-state index contributed by atoms with van der Waals surface area (Å²) in [5.74, 6) is 1.15. The molecule has 0 aliphatic rings. The minimum atomic E-state index is 0.567. The lowest BCUT2D eigenvalue weighted by Crippen LogP contribution is -2.02. The van der Waals surface area contributed by atoms with E-state index in [1.165, 1.54) is 0 Å². The van der Waals surface area contributed by atoms with Crippen LogP contribution in [0.1, 0.15) is 17.1 Å². The maximum atomic E-state index is 5.91. The summed E-state index contributed by atoms with van der Waals surface area (Å²) >= 11 is 3.45. The number of benzene rings is 1. The van der Waals surface area contributed by atoms with E-state index in [-0.39, 0.29) is 0 Å². The Morgan fingerprint density at radius 1 is 1.32 bits per heavy atom. The first kappa shape index (κ1) is 14.8. The number of nitrogens with zero attached hydrogens (tertiary/aromatic N) is 4. The van der Waals surface area contributed by atoms with Crippen molar-refractivity contribution in [3.05, 3.63) is 46.0 Å². The van der Waals surface area contributed by atoms with Crippen LogP contribution in [-0.4, -0.2) is 19.9 Å². The second-order valence-corrected chi connectivity index (χ2v) is 5.96. The van der Waals surface area contributed by atoms with E-state index in [0.29, 0.717) is 24.7 Å². The highest BCUT2D eigenvalue weighted by molar-refractivity contribution is 9.10. The third kappa shape index (κ3) is 2.89. The first-order chi connectivity index (χ1) is 10.5. The standard InChI is InChI=1S/C15H16BrN5O/c1-9-11(4-3-5-13(9)17)15-18-14(22-20-15)6-7-21-8-12(16)10(2)19-21/h3-5,8H,6-7,17H2,1-2H3. The van der Waals surface area contributed by atoms with Crippen molar-refractivity contribution in [2.45, 2.75) is 26.8 Å². The van der Waals surface area contributed by atoms with E-state index >= 15 is 0 Å². The molecule has 7 heteroatoms. The molecule has 0 amide bonds. The molecule has 22 heavy (non-hydrogen) atoms. The van der Waals surface area contributed by atoms with Gasteiger partial charge < -0.3 is 10.3 Å². The molecule has 0 bridgehead atoms. The molecule has 0 unspecified atom stereocenters. The van der Waals surface area contributed by atoms with Crippen molar-refractivity contribution in [1.82, 2.24) is 19.9 Å². The van der Waals surface area contributed by atoms with E-state index in [1.54, 1.807) is 0 Å². The quantitative estimate of drug-likeness (QED) is 0.721. The van der Waals surface area contributed by atoms with Gasteiger partial charge in [-0.2, -0.15) is 10.1 Å². The zero-order valence-electron chi connectivity index (χ0n) is 12.4. The van der Waals surface area contributed by atoms with Crippen LogP contribution >= 0.6 is 15.9 Å². The topological polar surface area (TPSA) is 82.8 Å². The molecule has 0 fully saturated rings. The van der Waals surface area contributed by atoms with Crippen LogP contribution in [0.15, 0.2) is 33.4 Å². The van der Waals surface area contributed by atoms with Gasteiger partial charge in [0.1, 0.15) is 0 Å². The van der Waals surface area contributed by atoms with E-state index in [2.05, 4.69) is 31.2 Å². The number of hydrogen-bond acceptors (Lipinski definition) is 5. The summed E-state index contributed by atoms with van der Waals surface area (Å²) in [7, 11) is 0. The van der Waals surface area contributed by atoms with E-state index in [9.17, 15) is 0 Å². The lowest BCUT2D eigenvalue weighted by atomic mass is 10.1. The first-order valence-electron chi connectivity index (χ1n) is 6.92. The second kappa shape index (κ2) is 5.92. The zero-order valence-corrected chi connectivity index (χ0v) is 14.0. The van der Waals surface area contributed by atoms with E-state index in [1.807, 2.05) is 42.9 Å². The van der Waals surface area contributed by atoms with Crippen LogP contribution in [-0.2, 0) is 13.0 Å². The summed E-state index contributed by atoms with van der Waals surface area (Å²) in [5.41, 5.74) is 9.45. The van der Waals surface area contributed by atoms with Gasteiger partial charge in [0.25, 0.3) is 0 Å². The molecule has 0 aliphatic heterocycles. The smallest absolute Gasteiger partial charge is 0.228 e. The molecule has 6 nitrogen and oxygen atoms in total. The van der Waals surface area contributed by atoms with Crippen molar-refractivity contribution in [3.8, 4) is 11.4 Å². The molecule has 0 spiro atoms. The molecule has 3 aromatic rings. The van der Waals surface area contributed by atoms with Gasteiger partial charge in [-0.1, -0.05) is 17.3 Å². The Hall–Kier alpha value is -2.15. The van der Waals surface area contributed by atoms with E-state index in [0.717, 1.165) is 27.0 Å². The summed E-state index contributed by atoms with van der Waals surface area (Å²) < 4.78 is 8.17. The fraction of sp³-hybridized carbons (Fsp3) is 0.267. The molecule has 3 rings (SSSR count). The van der Waals surface area contributed by atoms with Crippen LogP contribution in [0.2, 0.25) is 0 Å². The van der Waals surface area contributed by atoms with Crippen LogP contribution in [0.5, 0.6) is 0 Å². The van der Waals surface area contributed by atoms with Gasteiger partial charge in [0.05, 0.1) is 10.2 Å². The number of aryl methyl sites for hydroxylation is 3. The summed E-state index contributed by atoms with van der Waals surface area (Å²) in [6, 6.07) is 5.68. The van der Waals surface area contributed by atoms with Crippen molar-refractivity contribution in [2.24, 2.45) is 0 Å². The van der Waals surface area contributed by atoms with Gasteiger partial charge in [0.15, 0.2) is 0 Å². The Kier molecular flexibility index (Phi) is 3.98. The van der Waals surface area contributed by atoms with Gasteiger partial charge in [-0.3, -0.25) is 4.68 Å². The maximum absolute atomic E-state index is 5.91. The Morgan fingerprint density at radius 2 is 2.14 bits per heavy atom. The number of nitrogen functional groups attached to an aromatic ring is 1. The summed E-state index contributed by atoms with van der Waals surface area (Å²) in [4.78, 5) is 4.44. The van der Waals surface area contributed by atoms with Crippen LogP contribution in [0, 0.1) is 13.8 Å². The van der Waals surface area contributed by atoms with Gasteiger partial charge >= 0.3 is 0 Å². The zero-order chi connectivity index (χ0) is 15.7. The average molecular weight is 362 g/mol. The Labute approximate surface area is 136 Å². The summed E-state index contributed by atoms with van der Waals surface area (Å²) in [5, 5.41) is 8.42. The third-order valence-corrected chi connectivity index (χ3v) is 4.30. The average Bonchev–Trinajstić information content (AvgIpc) is 3.07. The monoisotopic (exact) mass is 361 g/mol. The van der Waals surface area contributed by atoms with Gasteiger partial charge in [-0.05, 0) is 41.4 Å². The predicted octanol–water partition coefficient (Wildman–Crippen LogP) is 3.14. The minimum Gasteiger partial charge on any atom is -0.398 e. The van der Waals surface area contributed by atoms with Crippen molar-refractivity contribution in [2.75, 3.05) is 5.73 Å². The molecule has 2 heterocycles. The number of nitrogens with two attached hydrogens (primary N) is 1. The van der Waals surface area contributed by atoms with Crippen molar-refractivity contribution in [3.63, 3.8) is 0 Å². The van der Waals surface area contributed by atoms with Gasteiger partial charge in [0.2, 0.25) is 11.7 Å². The molecule has 0 saturated heterocycles. The molecule has 114 valence electrons. The van der Waals surface area contributed by atoms with Crippen LogP contribution < -0.4 is 5.73 Å². The van der Waals surface area contributed by atoms with Gasteiger partial charge in [0, 0.05) is 30.4 Å². The lowest BCUT2D eigenvalue weighted by molar-refractivity contribution is 0.369. The highest BCUT2D eigenvalue weighted by atomic mass is 79.9. The molecular weight excluding hydrogens is 346 g/mol. The molecule has 2 N–H and O–H groups in total. The lowest BCUT2D eigenvalue weighted by Gasteiger charge is -2.03. The molecule has 0 radical (unpaired) electrons. The summed E-state index contributed by atoms with van der Waals surface area (Å²) in [6.07, 6.45) is 2.57. The number of aromatic nitrogens is 4. The fourth-order valence-corrected chi connectivity index (χ4v) is 2.50. The molecule has 1 aromatic carbocycles. The highest BCUT2D eigenvalue weighted by Crippen LogP contribution is 2.24. The normalized spacial score (nSPS) is 11.0. The maximum Gasteiger partial charge on any atom is 0.228 e. The minimum absolute atomic E-state index is 0.567. The Balaban J connectivity index is 1.75. The van der Waals surface area contributed by atoms with Crippen LogP contribution in [0.3, 0.4) is 0 Å². The fourth-order valence-electron chi connectivity index (χ4n) is 2.18. The van der Waals surface area contributed by atoms with Gasteiger partial charge in [-0.25, -0.2) is 0 Å². The summed E-state index contributed by atoms with van der Waals surface area (Å²) in [6.45, 7) is 4.59. The predicted molar refractivity (Wildman–Crippen MR) is 87.3 cm³/mol. The van der Waals surface area contributed by atoms with E-state index in [4.69, 9.17) is 10.3 Å². The van der Waals surface area contributed by atoms with Crippen molar-refractivity contribution < 1.29 is 4.52 Å². The highest BCUT2D eigenvalue weighted by Gasteiger charge is 2.12. The second-order valence-electron chi connectivity index (χ2n) is 5.11. The Morgan fingerprint density at radius 3 is 2.86 bits per heavy atom. The number of halogens is 1. The number of rotatable bonds is 4. The molecular formula is C15H16BrN5O. The van der Waals surface area contributed by atoms with Gasteiger partial charge in [-0.15, -0.1) is 0 Å². The molecule has 2 aromatic heterocycles. The van der Waals surface area contributed by atoms with E-state index < -0.39 is 0 Å². The number of anilines is 1. The molecule has 0 aliphatic carbocycles. The largest absolute Gasteiger partial charge is 0.398 e. The SMILES string of the molecule is Cc1nn(CCc2nc(-c3cccc(N)c3C)no2)cc1Br. The van der Waals surface area contributed by atoms with Crippen LogP contribution in [0.4, 0.5) is 5.69 Å².